The molecule has 1 heterocycles. The average Bonchev–Trinajstić information content (AvgIpc) is 2.89. The van der Waals surface area contributed by atoms with Gasteiger partial charge in [-0.25, -0.2) is 4.39 Å². The summed E-state index contributed by atoms with van der Waals surface area (Å²) in [6.07, 6.45) is 5.55. The van der Waals surface area contributed by atoms with E-state index in [4.69, 9.17) is 0 Å². The zero-order valence-corrected chi connectivity index (χ0v) is 16.1. The number of amides is 2. The average molecular weight is 375 g/mol. The maximum atomic E-state index is 13.1. The Morgan fingerprint density at radius 3 is 2.52 bits per heavy atom. The summed E-state index contributed by atoms with van der Waals surface area (Å²) < 4.78 is 13.1. The third-order valence-electron chi connectivity index (χ3n) is 5.79. The van der Waals surface area contributed by atoms with E-state index >= 15 is 0 Å². The van der Waals surface area contributed by atoms with Crippen molar-refractivity contribution in [3.05, 3.63) is 35.6 Å². The van der Waals surface area contributed by atoms with E-state index < -0.39 is 0 Å². The first kappa shape index (κ1) is 19.8. The van der Waals surface area contributed by atoms with Crippen molar-refractivity contribution in [2.24, 2.45) is 5.92 Å². The highest BCUT2D eigenvalue weighted by Crippen LogP contribution is 2.23. The van der Waals surface area contributed by atoms with Gasteiger partial charge >= 0.3 is 0 Å². The van der Waals surface area contributed by atoms with Gasteiger partial charge in [0.25, 0.3) is 5.91 Å². The molecule has 2 fully saturated rings. The quantitative estimate of drug-likeness (QED) is 0.880. The smallest absolute Gasteiger partial charge is 0.253 e. The van der Waals surface area contributed by atoms with Crippen LogP contribution in [0.5, 0.6) is 0 Å². The van der Waals surface area contributed by atoms with E-state index in [0.717, 1.165) is 19.4 Å². The largest absolute Gasteiger partial charge is 0.352 e. The Kier molecular flexibility index (Phi) is 6.83. The summed E-state index contributed by atoms with van der Waals surface area (Å²) in [4.78, 5) is 29.0. The molecular formula is C21H30FN3O2. The van der Waals surface area contributed by atoms with E-state index in [0.29, 0.717) is 43.7 Å². The van der Waals surface area contributed by atoms with Crippen LogP contribution in [0.25, 0.3) is 0 Å². The summed E-state index contributed by atoms with van der Waals surface area (Å²) in [5.41, 5.74) is 0.508. The minimum absolute atomic E-state index is 0.0719. The van der Waals surface area contributed by atoms with Crippen molar-refractivity contribution in [1.82, 2.24) is 15.1 Å². The molecule has 0 spiro atoms. The second kappa shape index (κ2) is 9.31. The topological polar surface area (TPSA) is 52.7 Å². The highest BCUT2D eigenvalue weighted by molar-refractivity contribution is 5.94. The third-order valence-corrected chi connectivity index (χ3v) is 5.79. The van der Waals surface area contributed by atoms with Crippen molar-refractivity contribution in [2.75, 3.05) is 32.7 Å². The lowest BCUT2D eigenvalue weighted by atomic mass is 9.86. The van der Waals surface area contributed by atoms with E-state index in [1.807, 2.05) is 0 Å². The lowest BCUT2D eigenvalue weighted by Crippen LogP contribution is -2.46. The molecule has 2 aliphatic rings. The molecule has 3 rings (SSSR count). The number of hydrogen-bond donors (Lipinski definition) is 1. The second-order valence-corrected chi connectivity index (χ2v) is 7.86. The Morgan fingerprint density at radius 2 is 1.78 bits per heavy atom. The van der Waals surface area contributed by atoms with E-state index in [-0.39, 0.29) is 17.6 Å². The van der Waals surface area contributed by atoms with Gasteiger partial charge in [-0.1, -0.05) is 19.8 Å². The van der Waals surface area contributed by atoms with E-state index in [1.54, 1.807) is 4.90 Å². The van der Waals surface area contributed by atoms with Crippen LogP contribution < -0.4 is 5.32 Å². The zero-order chi connectivity index (χ0) is 19.2. The standard InChI is InChI=1S/C21H30FN3O2/c1-16-5-2-3-6-19(16)23-20(26)15-24-11-4-12-25(14-13-24)21(27)17-7-9-18(22)10-8-17/h7-10,16,19H,2-6,11-15H2,1H3,(H,23,26)/t16-,19-/m0/s1. The van der Waals surface area contributed by atoms with Crippen LogP contribution in [0.15, 0.2) is 24.3 Å². The molecule has 1 aliphatic carbocycles. The van der Waals surface area contributed by atoms with Crippen molar-refractivity contribution in [1.29, 1.82) is 0 Å². The molecule has 1 aromatic rings. The Hall–Kier alpha value is -1.95. The molecule has 6 heteroatoms. The molecule has 27 heavy (non-hydrogen) atoms. The monoisotopic (exact) mass is 375 g/mol. The first-order valence-corrected chi connectivity index (χ1v) is 10.1. The molecular weight excluding hydrogens is 345 g/mol. The molecule has 1 aliphatic heterocycles. The summed E-state index contributed by atoms with van der Waals surface area (Å²) in [7, 11) is 0. The Bertz CT molecular complexity index is 649. The van der Waals surface area contributed by atoms with Gasteiger partial charge in [0.05, 0.1) is 6.54 Å². The zero-order valence-electron chi connectivity index (χ0n) is 16.1. The van der Waals surface area contributed by atoms with Gasteiger partial charge in [0, 0.05) is 37.8 Å². The van der Waals surface area contributed by atoms with E-state index in [2.05, 4.69) is 17.1 Å². The molecule has 1 saturated heterocycles. The number of rotatable bonds is 4. The molecule has 0 bridgehead atoms. The Morgan fingerprint density at radius 1 is 1.04 bits per heavy atom. The van der Waals surface area contributed by atoms with Crippen LogP contribution in [0.2, 0.25) is 0 Å². The number of carbonyl (C=O) groups excluding carboxylic acids is 2. The number of halogens is 1. The van der Waals surface area contributed by atoms with Gasteiger partial charge in [-0.3, -0.25) is 14.5 Å². The second-order valence-electron chi connectivity index (χ2n) is 7.86. The van der Waals surface area contributed by atoms with Gasteiger partial charge in [0.1, 0.15) is 5.82 Å². The van der Waals surface area contributed by atoms with Gasteiger partial charge in [-0.2, -0.15) is 0 Å². The maximum absolute atomic E-state index is 13.1. The van der Waals surface area contributed by atoms with Crippen molar-refractivity contribution < 1.29 is 14.0 Å². The summed E-state index contributed by atoms with van der Waals surface area (Å²) in [6, 6.07) is 5.98. The molecule has 1 aromatic carbocycles. The van der Waals surface area contributed by atoms with Crippen LogP contribution in [0.3, 0.4) is 0 Å². The Balaban J connectivity index is 1.48. The van der Waals surface area contributed by atoms with Crippen LogP contribution in [0.1, 0.15) is 49.4 Å². The predicted octanol–water partition coefficient (Wildman–Crippen LogP) is 2.67. The van der Waals surface area contributed by atoms with Gasteiger partial charge in [-0.05, 0) is 49.4 Å². The number of hydrogen-bond acceptors (Lipinski definition) is 3. The van der Waals surface area contributed by atoms with Crippen LogP contribution >= 0.6 is 0 Å². The van der Waals surface area contributed by atoms with E-state index in [9.17, 15) is 14.0 Å². The third kappa shape index (κ3) is 5.51. The van der Waals surface area contributed by atoms with Crippen molar-refractivity contribution in [2.45, 2.75) is 45.1 Å². The lowest BCUT2D eigenvalue weighted by Gasteiger charge is -2.30. The minimum atomic E-state index is -0.341. The van der Waals surface area contributed by atoms with E-state index in [1.165, 1.54) is 43.5 Å². The fourth-order valence-corrected chi connectivity index (χ4v) is 4.09. The van der Waals surface area contributed by atoms with Gasteiger partial charge in [-0.15, -0.1) is 0 Å². The highest BCUT2D eigenvalue weighted by atomic mass is 19.1. The first-order chi connectivity index (χ1) is 13.0. The van der Waals surface area contributed by atoms with Crippen LogP contribution in [-0.2, 0) is 4.79 Å². The number of benzene rings is 1. The first-order valence-electron chi connectivity index (χ1n) is 10.1. The number of nitrogens with zero attached hydrogens (tertiary/aromatic N) is 2. The number of nitrogens with one attached hydrogen (secondary N) is 1. The predicted molar refractivity (Wildman–Crippen MR) is 103 cm³/mol. The molecule has 1 saturated carbocycles. The molecule has 2 atom stereocenters. The molecule has 5 nitrogen and oxygen atoms in total. The van der Waals surface area contributed by atoms with Gasteiger partial charge in [0.2, 0.25) is 5.91 Å². The summed E-state index contributed by atoms with van der Waals surface area (Å²) in [5.74, 6) is 0.229. The van der Waals surface area contributed by atoms with Gasteiger partial charge in [0.15, 0.2) is 0 Å². The molecule has 2 amide bonds. The Labute approximate surface area is 160 Å². The molecule has 0 radical (unpaired) electrons. The minimum Gasteiger partial charge on any atom is -0.352 e. The normalized spacial score (nSPS) is 24.3. The van der Waals surface area contributed by atoms with Crippen molar-refractivity contribution in [3.8, 4) is 0 Å². The fraction of sp³-hybridized carbons (Fsp3) is 0.619. The summed E-state index contributed by atoms with van der Waals surface area (Å²) in [5, 5.41) is 3.20. The fourth-order valence-electron chi connectivity index (χ4n) is 4.09. The molecule has 0 unspecified atom stereocenters. The maximum Gasteiger partial charge on any atom is 0.253 e. The molecule has 148 valence electrons. The van der Waals surface area contributed by atoms with Gasteiger partial charge < -0.3 is 10.2 Å². The summed E-state index contributed by atoms with van der Waals surface area (Å²) in [6.45, 7) is 5.34. The van der Waals surface area contributed by atoms with Crippen LogP contribution in [-0.4, -0.2) is 60.4 Å². The van der Waals surface area contributed by atoms with Crippen LogP contribution in [0.4, 0.5) is 4.39 Å². The van der Waals surface area contributed by atoms with Crippen molar-refractivity contribution >= 4 is 11.8 Å². The lowest BCUT2D eigenvalue weighted by molar-refractivity contribution is -0.123. The number of carbonyl (C=O) groups is 2. The highest BCUT2D eigenvalue weighted by Gasteiger charge is 2.25. The summed E-state index contributed by atoms with van der Waals surface area (Å²) >= 11 is 0. The van der Waals surface area contributed by atoms with Crippen molar-refractivity contribution in [3.63, 3.8) is 0 Å². The molecule has 1 N–H and O–H groups in total. The van der Waals surface area contributed by atoms with Crippen LogP contribution in [0, 0.1) is 11.7 Å². The molecule has 0 aromatic heterocycles. The SMILES string of the molecule is C[C@H]1CCCC[C@@H]1NC(=O)CN1CCCN(C(=O)c2ccc(F)cc2)CC1.